The van der Waals surface area contributed by atoms with Crippen molar-refractivity contribution in [3.8, 4) is 0 Å². The van der Waals surface area contributed by atoms with Gasteiger partial charge in [-0.1, -0.05) is 0 Å². The average Bonchev–Trinajstić information content (AvgIpc) is 1.54. The van der Waals surface area contributed by atoms with E-state index in [2.05, 4.69) is 0 Å². The number of halogens is 3. The van der Waals surface area contributed by atoms with E-state index in [0.717, 1.165) is 13.8 Å². The molecule has 0 heterocycles. The van der Waals surface area contributed by atoms with Crippen LogP contribution in [0.15, 0.2) is 0 Å². The van der Waals surface area contributed by atoms with Crippen LogP contribution in [0.1, 0.15) is 13.8 Å². The Hall–Kier alpha value is 0.329. The van der Waals surface area contributed by atoms with Gasteiger partial charge in [0, 0.05) is 13.8 Å². The van der Waals surface area contributed by atoms with Crippen molar-refractivity contribution < 1.29 is 31.0 Å². The summed E-state index contributed by atoms with van der Waals surface area (Å²) in [4.78, 5) is 18.0. The van der Waals surface area contributed by atoms with Gasteiger partial charge >= 0.3 is 41.5 Å². The fraction of sp³-hybridized carbons (Fsp3) is 0.500. The zero-order chi connectivity index (χ0) is 10.7. The summed E-state index contributed by atoms with van der Waals surface area (Å²) >= 11 is -1.33. The van der Waals surface area contributed by atoms with Gasteiger partial charge in [0.2, 0.25) is 0 Å². The van der Waals surface area contributed by atoms with Gasteiger partial charge < -0.3 is 10.2 Å². The Labute approximate surface area is 87.0 Å². The fourth-order valence-electron chi connectivity index (χ4n) is 0. The molecule has 0 aliphatic carbocycles. The van der Waals surface area contributed by atoms with Gasteiger partial charge in [-0.3, -0.25) is 9.59 Å². The summed E-state index contributed by atoms with van der Waals surface area (Å²) in [6.07, 6.45) is 0. The molecule has 0 spiro atoms. The Kier molecular flexibility index (Phi) is 21.0. The zero-order valence-corrected chi connectivity index (χ0v) is 9.57. The first kappa shape index (κ1) is 18.2. The number of hydrogen-bond donors (Lipinski definition) is 2. The number of aliphatic carboxylic acids is 2. The van der Waals surface area contributed by atoms with Crippen LogP contribution in [0.4, 0.5) is 0 Å². The first-order chi connectivity index (χ1) is 5.20. The van der Waals surface area contributed by atoms with E-state index in [1.165, 1.54) is 0 Å². The summed E-state index contributed by atoms with van der Waals surface area (Å²) in [7, 11) is 14.7. The first-order valence-corrected chi connectivity index (χ1v) is 6.81. The molecule has 0 aromatic rings. The second-order valence-corrected chi connectivity index (χ2v) is 6.66. The quantitative estimate of drug-likeness (QED) is 0.668. The van der Waals surface area contributed by atoms with Crippen LogP contribution < -0.4 is 0 Å². The van der Waals surface area contributed by atoms with Crippen molar-refractivity contribution in [1.82, 2.24) is 0 Å². The predicted octanol–water partition coefficient (Wildman–Crippen LogP) is 2.25. The molecular formula is C4H8Cl3FeO4. The number of rotatable bonds is 0. The summed E-state index contributed by atoms with van der Waals surface area (Å²) < 4.78 is 0. The molecule has 0 aliphatic rings. The van der Waals surface area contributed by atoms with Gasteiger partial charge in [-0.15, -0.1) is 0 Å². The van der Waals surface area contributed by atoms with Crippen molar-refractivity contribution in [1.29, 1.82) is 0 Å². The van der Waals surface area contributed by atoms with Gasteiger partial charge in [-0.25, -0.2) is 0 Å². The molecule has 0 bridgehead atoms. The Morgan fingerprint density at radius 1 is 1.00 bits per heavy atom. The maximum atomic E-state index is 9.00. The monoisotopic (exact) mass is 281 g/mol. The number of carbonyl (C=O) groups is 2. The number of hydrogen-bond acceptors (Lipinski definition) is 2. The van der Waals surface area contributed by atoms with Crippen LogP contribution in [0.25, 0.3) is 0 Å². The summed E-state index contributed by atoms with van der Waals surface area (Å²) in [5, 5.41) is 14.8. The third kappa shape index (κ3) is 8280. The Balaban J connectivity index is -0.000000101. The van der Waals surface area contributed by atoms with Crippen molar-refractivity contribution in [3.63, 3.8) is 0 Å². The van der Waals surface area contributed by atoms with Crippen LogP contribution in [0.2, 0.25) is 0 Å². The molecule has 12 heavy (non-hydrogen) atoms. The SMILES string of the molecule is CC(=O)O.CC(=O)O.[Cl][Fe]([Cl])[Cl]. The van der Waals surface area contributed by atoms with Crippen molar-refractivity contribution in [2.75, 3.05) is 0 Å². The zero-order valence-electron chi connectivity index (χ0n) is 6.20. The molecule has 0 saturated carbocycles. The second-order valence-electron chi connectivity index (χ2n) is 1.19. The van der Waals surface area contributed by atoms with E-state index in [4.69, 9.17) is 50.1 Å². The van der Waals surface area contributed by atoms with Gasteiger partial charge in [0.25, 0.3) is 11.9 Å². The van der Waals surface area contributed by atoms with Gasteiger partial charge in [-0.05, 0) is 0 Å². The van der Waals surface area contributed by atoms with E-state index in [1.807, 2.05) is 0 Å². The van der Waals surface area contributed by atoms with E-state index >= 15 is 0 Å². The number of carboxylic acids is 2. The molecule has 0 aromatic heterocycles. The molecule has 0 amide bonds. The molecule has 0 atom stereocenters. The topological polar surface area (TPSA) is 74.6 Å². The van der Waals surface area contributed by atoms with Crippen molar-refractivity contribution in [2.24, 2.45) is 0 Å². The van der Waals surface area contributed by atoms with Gasteiger partial charge in [0.05, 0.1) is 0 Å². The van der Waals surface area contributed by atoms with E-state index in [9.17, 15) is 0 Å². The van der Waals surface area contributed by atoms with Crippen molar-refractivity contribution >= 4 is 42.2 Å². The van der Waals surface area contributed by atoms with E-state index in [0.29, 0.717) is 0 Å². The van der Waals surface area contributed by atoms with E-state index in [1.54, 1.807) is 0 Å². The average molecular weight is 282 g/mol. The molecule has 0 fully saturated rings. The van der Waals surface area contributed by atoms with Crippen LogP contribution in [0.3, 0.4) is 0 Å². The molecule has 0 aliphatic heterocycles. The maximum absolute atomic E-state index is 9.00. The molecule has 77 valence electrons. The van der Waals surface area contributed by atoms with Crippen LogP contribution in [-0.4, -0.2) is 22.2 Å². The molecule has 0 saturated heterocycles. The molecular weight excluding hydrogens is 274 g/mol. The Bertz CT molecular complexity index is 107. The molecule has 0 rings (SSSR count). The summed E-state index contributed by atoms with van der Waals surface area (Å²) in [6.45, 7) is 2.17. The second kappa shape index (κ2) is 13.9. The first-order valence-electron chi connectivity index (χ1n) is 2.26. The molecule has 2 N–H and O–H groups in total. The molecule has 0 unspecified atom stereocenters. The minimum atomic E-state index is -1.33. The molecule has 0 radical (unpaired) electrons. The van der Waals surface area contributed by atoms with E-state index < -0.39 is 23.1 Å². The predicted molar refractivity (Wildman–Crippen MR) is 44.2 cm³/mol. The number of carboxylic acid groups (broad SMARTS) is 2. The molecule has 4 nitrogen and oxygen atoms in total. The third-order valence-electron chi connectivity index (χ3n) is 0. The third-order valence-corrected chi connectivity index (χ3v) is 0. The van der Waals surface area contributed by atoms with Crippen LogP contribution in [0, 0.1) is 0 Å². The van der Waals surface area contributed by atoms with Crippen molar-refractivity contribution in [3.05, 3.63) is 0 Å². The standard InChI is InChI=1S/2C2H4O2.3ClH.Fe/c2*1-2(3)4;;;;/h2*1H3,(H,3,4);3*1H;/q;;;;;+3/p-3. The molecule has 0 aromatic carbocycles. The fourth-order valence-corrected chi connectivity index (χ4v) is 0. The summed E-state index contributed by atoms with van der Waals surface area (Å²) in [6, 6.07) is 0. The molecule has 8 heteroatoms. The summed E-state index contributed by atoms with van der Waals surface area (Å²) in [5.41, 5.74) is 0. The van der Waals surface area contributed by atoms with Crippen LogP contribution in [-0.2, 0) is 20.8 Å². The van der Waals surface area contributed by atoms with Gasteiger partial charge in [0.15, 0.2) is 0 Å². The normalized spacial score (nSPS) is 7.92. The summed E-state index contributed by atoms with van der Waals surface area (Å²) in [5.74, 6) is -1.67. The van der Waals surface area contributed by atoms with Gasteiger partial charge in [-0.2, -0.15) is 0 Å². The minimum absolute atomic E-state index is 0.833. The Morgan fingerprint density at radius 3 is 1.00 bits per heavy atom. The van der Waals surface area contributed by atoms with Crippen molar-refractivity contribution in [2.45, 2.75) is 13.8 Å². The van der Waals surface area contributed by atoms with Crippen LogP contribution in [0.5, 0.6) is 0 Å². The van der Waals surface area contributed by atoms with E-state index in [-0.39, 0.29) is 0 Å². The van der Waals surface area contributed by atoms with Gasteiger partial charge in [0.1, 0.15) is 0 Å². The van der Waals surface area contributed by atoms with Crippen LogP contribution >= 0.6 is 30.3 Å². The Morgan fingerprint density at radius 2 is 1.00 bits per heavy atom.